The van der Waals surface area contributed by atoms with E-state index in [1.165, 1.54) is 12.1 Å². The minimum atomic E-state index is -2.89. The van der Waals surface area contributed by atoms with Crippen LogP contribution in [-0.4, -0.2) is 84.2 Å². The van der Waals surface area contributed by atoms with E-state index in [4.69, 9.17) is 0 Å². The van der Waals surface area contributed by atoms with Crippen molar-refractivity contribution in [2.75, 3.05) is 49.5 Å². The van der Waals surface area contributed by atoms with Gasteiger partial charge in [-0.25, -0.2) is 17.5 Å². The normalized spacial score (nSPS) is 22.3. The number of halogens is 1. The van der Waals surface area contributed by atoms with Crippen molar-refractivity contribution in [2.24, 2.45) is 0 Å². The number of amides is 1. The van der Waals surface area contributed by atoms with Gasteiger partial charge in [0.15, 0.2) is 9.84 Å². The lowest BCUT2D eigenvalue weighted by Gasteiger charge is -2.37. The number of nitrogens with one attached hydrogen (secondary N) is 1. The van der Waals surface area contributed by atoms with Crippen molar-refractivity contribution in [3.05, 3.63) is 41.8 Å². The van der Waals surface area contributed by atoms with E-state index in [0.29, 0.717) is 17.9 Å². The number of nitrogens with zero attached hydrogens (tertiary/aromatic N) is 4. The van der Waals surface area contributed by atoms with Crippen LogP contribution in [0.2, 0.25) is 0 Å². The molecule has 3 heterocycles. The van der Waals surface area contributed by atoms with Gasteiger partial charge in [-0.1, -0.05) is 0 Å². The molecular formula is C20H26FN5O3S. The lowest BCUT2D eigenvalue weighted by atomic mass is 10.2. The molecule has 2 fully saturated rings. The monoisotopic (exact) mass is 435 g/mol. The molecule has 0 saturated carbocycles. The summed E-state index contributed by atoms with van der Waals surface area (Å²) in [5, 5.41) is 7.29. The molecule has 0 bridgehead atoms. The van der Waals surface area contributed by atoms with Crippen LogP contribution in [0.5, 0.6) is 0 Å². The number of sulfone groups is 1. The highest BCUT2D eigenvalue weighted by atomic mass is 32.2. The Morgan fingerprint density at radius 1 is 1.20 bits per heavy atom. The summed E-state index contributed by atoms with van der Waals surface area (Å²) in [6, 6.07) is 7.82. The summed E-state index contributed by atoms with van der Waals surface area (Å²) >= 11 is 0. The zero-order valence-corrected chi connectivity index (χ0v) is 17.7. The highest BCUT2D eigenvalue weighted by Gasteiger charge is 2.33. The second-order valence-corrected chi connectivity index (χ2v) is 10.2. The molecule has 1 aromatic carbocycles. The van der Waals surface area contributed by atoms with Gasteiger partial charge in [0, 0.05) is 38.3 Å². The van der Waals surface area contributed by atoms with Gasteiger partial charge in [0.1, 0.15) is 11.6 Å². The summed E-state index contributed by atoms with van der Waals surface area (Å²) in [5.74, 6) is 0.596. The summed E-state index contributed by atoms with van der Waals surface area (Å²) in [6.07, 6.45) is 0.704. The average Bonchev–Trinajstić information content (AvgIpc) is 3.24. The van der Waals surface area contributed by atoms with Crippen LogP contribution in [0.3, 0.4) is 0 Å². The van der Waals surface area contributed by atoms with Gasteiger partial charge in [-0.2, -0.15) is 5.10 Å². The molecule has 1 aromatic heterocycles. The van der Waals surface area contributed by atoms with E-state index >= 15 is 0 Å². The summed E-state index contributed by atoms with van der Waals surface area (Å²) in [4.78, 5) is 16.9. The number of carbonyl (C=O) groups excluding carboxylic acids is 1. The van der Waals surface area contributed by atoms with Gasteiger partial charge in [-0.3, -0.25) is 14.6 Å². The fourth-order valence-corrected chi connectivity index (χ4v) is 5.86. The summed E-state index contributed by atoms with van der Waals surface area (Å²) < 4.78 is 38.2. The van der Waals surface area contributed by atoms with Crippen LogP contribution >= 0.6 is 0 Å². The van der Waals surface area contributed by atoms with Crippen molar-refractivity contribution in [2.45, 2.75) is 19.4 Å². The number of piperazine rings is 1. The van der Waals surface area contributed by atoms with E-state index in [2.05, 4.69) is 20.2 Å². The lowest BCUT2D eigenvalue weighted by Crippen LogP contribution is -2.52. The van der Waals surface area contributed by atoms with Gasteiger partial charge in [0.05, 0.1) is 29.4 Å². The zero-order chi connectivity index (χ0) is 21.3. The van der Waals surface area contributed by atoms with Gasteiger partial charge in [0.25, 0.3) is 0 Å². The van der Waals surface area contributed by atoms with Crippen LogP contribution in [0.25, 0.3) is 5.69 Å². The SMILES string of the molecule is Cc1cc(NC(=O)CN2CCN(C3CCS(=O)(=O)C3)CC2)n(-c2ccc(F)cc2)n1. The third-order valence-corrected chi connectivity index (χ3v) is 7.42. The number of aryl methyl sites for hydroxylation is 1. The number of carbonyl (C=O) groups is 1. The van der Waals surface area contributed by atoms with Crippen molar-refractivity contribution in [3.8, 4) is 5.69 Å². The first kappa shape index (κ1) is 21.0. The van der Waals surface area contributed by atoms with E-state index in [1.807, 2.05) is 6.92 Å². The molecule has 1 unspecified atom stereocenters. The minimum Gasteiger partial charge on any atom is -0.309 e. The third kappa shape index (κ3) is 4.88. The Bertz CT molecular complexity index is 1010. The fraction of sp³-hybridized carbons (Fsp3) is 0.500. The number of benzene rings is 1. The fourth-order valence-electron chi connectivity index (χ4n) is 4.10. The standard InChI is InChI=1S/C20H26FN5O3S/c1-15-12-19(26(23-15)17-4-2-16(21)3-5-17)22-20(27)13-24-7-9-25(10-8-24)18-6-11-30(28,29)14-18/h2-5,12,18H,6-11,13-14H2,1H3,(H,22,27). The quantitative estimate of drug-likeness (QED) is 0.756. The molecule has 1 atom stereocenters. The molecule has 30 heavy (non-hydrogen) atoms. The van der Waals surface area contributed by atoms with Crippen molar-refractivity contribution in [3.63, 3.8) is 0 Å². The van der Waals surface area contributed by atoms with Crippen LogP contribution in [-0.2, 0) is 14.6 Å². The van der Waals surface area contributed by atoms with Gasteiger partial charge in [-0.05, 0) is 37.6 Å². The van der Waals surface area contributed by atoms with Gasteiger partial charge < -0.3 is 5.32 Å². The van der Waals surface area contributed by atoms with Gasteiger partial charge >= 0.3 is 0 Å². The first-order valence-corrected chi connectivity index (χ1v) is 11.9. The molecule has 0 spiro atoms. The second kappa shape index (κ2) is 8.44. The topological polar surface area (TPSA) is 87.5 Å². The number of hydrogen-bond donors (Lipinski definition) is 1. The maximum Gasteiger partial charge on any atom is 0.239 e. The largest absolute Gasteiger partial charge is 0.309 e. The molecule has 0 aliphatic carbocycles. The van der Waals surface area contributed by atoms with Crippen LogP contribution in [0.15, 0.2) is 30.3 Å². The zero-order valence-electron chi connectivity index (χ0n) is 16.9. The molecule has 2 aromatic rings. The molecule has 1 N–H and O–H groups in total. The van der Waals surface area contributed by atoms with Gasteiger partial charge in [0.2, 0.25) is 5.91 Å². The summed E-state index contributed by atoms with van der Waals surface area (Å²) in [7, 11) is -2.89. The molecule has 10 heteroatoms. The molecule has 2 aliphatic heterocycles. The Morgan fingerprint density at radius 2 is 1.90 bits per heavy atom. The number of anilines is 1. The van der Waals surface area contributed by atoms with Crippen molar-refractivity contribution in [1.29, 1.82) is 0 Å². The predicted molar refractivity (Wildman–Crippen MR) is 112 cm³/mol. The molecule has 2 aliphatic rings. The number of aromatic nitrogens is 2. The number of rotatable bonds is 5. The van der Waals surface area contributed by atoms with Crippen molar-refractivity contribution < 1.29 is 17.6 Å². The Labute approximate surface area is 175 Å². The van der Waals surface area contributed by atoms with E-state index in [9.17, 15) is 17.6 Å². The van der Waals surface area contributed by atoms with E-state index in [0.717, 1.165) is 31.9 Å². The Morgan fingerprint density at radius 3 is 2.53 bits per heavy atom. The van der Waals surface area contributed by atoms with E-state index in [-0.39, 0.29) is 35.8 Å². The van der Waals surface area contributed by atoms with Crippen LogP contribution in [0.4, 0.5) is 10.2 Å². The Hall–Kier alpha value is -2.30. The van der Waals surface area contributed by atoms with Crippen LogP contribution < -0.4 is 5.32 Å². The predicted octanol–water partition coefficient (Wildman–Crippen LogP) is 1.06. The smallest absolute Gasteiger partial charge is 0.239 e. The highest BCUT2D eigenvalue weighted by Crippen LogP contribution is 2.20. The molecule has 0 radical (unpaired) electrons. The van der Waals surface area contributed by atoms with E-state index < -0.39 is 9.84 Å². The van der Waals surface area contributed by atoms with Crippen molar-refractivity contribution in [1.82, 2.24) is 19.6 Å². The highest BCUT2D eigenvalue weighted by molar-refractivity contribution is 7.91. The number of hydrogen-bond acceptors (Lipinski definition) is 6. The Balaban J connectivity index is 1.32. The first-order valence-electron chi connectivity index (χ1n) is 10.1. The van der Waals surface area contributed by atoms with Gasteiger partial charge in [-0.15, -0.1) is 0 Å². The second-order valence-electron chi connectivity index (χ2n) is 7.98. The lowest BCUT2D eigenvalue weighted by molar-refractivity contribution is -0.117. The molecule has 4 rings (SSSR count). The van der Waals surface area contributed by atoms with E-state index in [1.54, 1.807) is 22.9 Å². The third-order valence-electron chi connectivity index (χ3n) is 5.67. The minimum absolute atomic E-state index is 0.110. The van der Waals surface area contributed by atoms with Crippen molar-refractivity contribution >= 4 is 21.6 Å². The molecule has 8 nitrogen and oxygen atoms in total. The molecular weight excluding hydrogens is 409 g/mol. The Kier molecular flexibility index (Phi) is 5.90. The molecule has 162 valence electrons. The molecule has 1 amide bonds. The summed E-state index contributed by atoms with van der Waals surface area (Å²) in [6.45, 7) is 5.06. The maximum absolute atomic E-state index is 13.2. The van der Waals surface area contributed by atoms with Crippen LogP contribution in [0, 0.1) is 12.7 Å². The summed E-state index contributed by atoms with van der Waals surface area (Å²) in [5.41, 5.74) is 1.41. The molecule has 2 saturated heterocycles. The first-order chi connectivity index (χ1) is 14.3. The maximum atomic E-state index is 13.2. The van der Waals surface area contributed by atoms with Crippen LogP contribution in [0.1, 0.15) is 12.1 Å². The average molecular weight is 436 g/mol.